The number of thioether (sulfide) groups is 1. The molecule has 21 heavy (non-hydrogen) atoms. The lowest BCUT2D eigenvalue weighted by molar-refractivity contribution is -0.121. The summed E-state index contributed by atoms with van der Waals surface area (Å²) in [5, 5.41) is 0.472. The third kappa shape index (κ3) is 3.06. The fourth-order valence-corrected chi connectivity index (χ4v) is 3.35. The van der Waals surface area contributed by atoms with Crippen LogP contribution in [0.15, 0.2) is 61.8 Å². The number of rotatable bonds is 3. The molecule has 2 aromatic rings. The van der Waals surface area contributed by atoms with E-state index in [9.17, 15) is 9.59 Å². The molecule has 3 rings (SSSR count). The molecule has 0 radical (unpaired) electrons. The number of amides is 2. The maximum atomic E-state index is 11.8. The van der Waals surface area contributed by atoms with Gasteiger partial charge in [0.1, 0.15) is 5.76 Å². The van der Waals surface area contributed by atoms with Gasteiger partial charge >= 0.3 is 0 Å². The van der Waals surface area contributed by atoms with Crippen molar-refractivity contribution in [3.05, 3.63) is 53.1 Å². The van der Waals surface area contributed by atoms with E-state index in [4.69, 9.17) is 4.42 Å². The summed E-state index contributed by atoms with van der Waals surface area (Å²) in [4.78, 5) is 25.8. The number of carbonyl (C=O) groups excluding carboxylic acids is 2. The first-order valence-corrected chi connectivity index (χ1v) is 7.81. The van der Waals surface area contributed by atoms with Crippen molar-refractivity contribution in [3.63, 3.8) is 0 Å². The monoisotopic (exact) mass is 317 g/mol. The van der Waals surface area contributed by atoms with Crippen LogP contribution < -0.4 is 0 Å². The Kier molecular flexibility index (Phi) is 3.90. The van der Waals surface area contributed by atoms with E-state index in [0.29, 0.717) is 10.7 Å². The molecule has 4 nitrogen and oxygen atoms in total. The second-order valence-corrected chi connectivity index (χ2v) is 6.38. The average molecular weight is 317 g/mol. The Hall–Kier alpha value is -1.92. The summed E-state index contributed by atoms with van der Waals surface area (Å²) in [7, 11) is 1.47. The Morgan fingerprint density at radius 1 is 1.14 bits per heavy atom. The van der Waals surface area contributed by atoms with E-state index in [1.165, 1.54) is 18.8 Å². The topological polar surface area (TPSA) is 50.5 Å². The van der Waals surface area contributed by atoms with Crippen LogP contribution >= 0.6 is 23.5 Å². The van der Waals surface area contributed by atoms with E-state index in [0.717, 1.165) is 26.6 Å². The smallest absolute Gasteiger partial charge is 0.293 e. The standard InChI is InChI=1S/C15H11NO3S2/c1-16-14(17)12(21-15(16)18)9-10-7-8-13(19-10)20-11-5-3-2-4-6-11/h2-9H,1H3/b12-9-. The molecule has 106 valence electrons. The van der Waals surface area contributed by atoms with Gasteiger partial charge in [0.05, 0.1) is 4.91 Å². The number of carbonyl (C=O) groups is 2. The van der Waals surface area contributed by atoms with E-state index in [-0.39, 0.29) is 11.1 Å². The molecule has 0 bridgehead atoms. The highest BCUT2D eigenvalue weighted by Crippen LogP contribution is 2.33. The molecular weight excluding hydrogens is 306 g/mol. The van der Waals surface area contributed by atoms with Gasteiger partial charge in [-0.05, 0) is 36.0 Å². The van der Waals surface area contributed by atoms with Crippen molar-refractivity contribution >= 4 is 40.7 Å². The Labute approximate surface area is 130 Å². The fraction of sp³-hybridized carbons (Fsp3) is 0.0667. The number of hydrogen-bond donors (Lipinski definition) is 0. The van der Waals surface area contributed by atoms with Crippen molar-refractivity contribution in [2.45, 2.75) is 9.99 Å². The molecule has 2 heterocycles. The lowest BCUT2D eigenvalue weighted by Crippen LogP contribution is -2.22. The van der Waals surface area contributed by atoms with Crippen LogP contribution in [0.3, 0.4) is 0 Å². The zero-order chi connectivity index (χ0) is 14.8. The predicted molar refractivity (Wildman–Crippen MR) is 83.0 cm³/mol. The molecule has 1 aliphatic heterocycles. The van der Waals surface area contributed by atoms with E-state index in [1.807, 2.05) is 36.4 Å². The summed E-state index contributed by atoms with van der Waals surface area (Å²) in [6.45, 7) is 0. The molecule has 0 N–H and O–H groups in total. The summed E-state index contributed by atoms with van der Waals surface area (Å²) in [5.74, 6) is 0.269. The normalized spacial score (nSPS) is 17.0. The van der Waals surface area contributed by atoms with Crippen LogP contribution in [0.2, 0.25) is 0 Å². The average Bonchev–Trinajstić information content (AvgIpc) is 3.01. The zero-order valence-electron chi connectivity index (χ0n) is 11.1. The quantitative estimate of drug-likeness (QED) is 0.798. The van der Waals surface area contributed by atoms with Crippen LogP contribution in [-0.2, 0) is 4.79 Å². The van der Waals surface area contributed by atoms with Crippen LogP contribution in [0, 0.1) is 0 Å². The highest BCUT2D eigenvalue weighted by molar-refractivity contribution is 8.18. The lowest BCUT2D eigenvalue weighted by atomic mass is 10.4. The van der Waals surface area contributed by atoms with Crippen molar-refractivity contribution in [1.29, 1.82) is 0 Å². The Balaban J connectivity index is 1.77. The van der Waals surface area contributed by atoms with Gasteiger partial charge in [0.15, 0.2) is 5.09 Å². The van der Waals surface area contributed by atoms with E-state index in [2.05, 4.69) is 0 Å². The van der Waals surface area contributed by atoms with Crippen molar-refractivity contribution < 1.29 is 14.0 Å². The number of imide groups is 1. The van der Waals surface area contributed by atoms with Gasteiger partial charge in [0.25, 0.3) is 11.1 Å². The Morgan fingerprint density at radius 2 is 1.90 bits per heavy atom. The summed E-state index contributed by atoms with van der Waals surface area (Å²) in [6.07, 6.45) is 1.60. The van der Waals surface area contributed by atoms with Crippen LogP contribution in [0.25, 0.3) is 6.08 Å². The third-order valence-corrected chi connectivity index (χ3v) is 4.71. The Bertz CT molecular complexity index is 722. The van der Waals surface area contributed by atoms with E-state index in [1.54, 1.807) is 12.1 Å². The van der Waals surface area contributed by atoms with Crippen molar-refractivity contribution in [2.75, 3.05) is 7.05 Å². The minimum absolute atomic E-state index is 0.267. The second kappa shape index (κ2) is 5.83. The SMILES string of the molecule is CN1C(=O)S/C(=C\c2ccc(Sc3ccccc3)o2)C1=O. The second-order valence-electron chi connectivity index (χ2n) is 4.31. The van der Waals surface area contributed by atoms with Gasteiger partial charge in [-0.2, -0.15) is 0 Å². The van der Waals surface area contributed by atoms with Crippen molar-refractivity contribution in [2.24, 2.45) is 0 Å². The molecule has 0 aliphatic carbocycles. The minimum atomic E-state index is -0.293. The van der Waals surface area contributed by atoms with E-state index < -0.39 is 0 Å². The van der Waals surface area contributed by atoms with Gasteiger partial charge in [0.2, 0.25) is 0 Å². The summed E-state index contributed by atoms with van der Waals surface area (Å²) in [5.41, 5.74) is 0. The van der Waals surface area contributed by atoms with Crippen LogP contribution in [0.5, 0.6) is 0 Å². The first-order valence-electron chi connectivity index (χ1n) is 6.18. The number of nitrogens with zero attached hydrogens (tertiary/aromatic N) is 1. The zero-order valence-corrected chi connectivity index (χ0v) is 12.7. The van der Waals surface area contributed by atoms with Gasteiger partial charge in [-0.25, -0.2) is 0 Å². The van der Waals surface area contributed by atoms with E-state index >= 15 is 0 Å². The van der Waals surface area contributed by atoms with Gasteiger partial charge in [-0.15, -0.1) is 0 Å². The summed E-state index contributed by atoms with van der Waals surface area (Å²) >= 11 is 2.42. The number of furan rings is 1. The molecule has 1 aromatic heterocycles. The highest BCUT2D eigenvalue weighted by atomic mass is 32.2. The molecule has 0 spiro atoms. The molecule has 1 aliphatic rings. The molecule has 1 saturated heterocycles. The number of hydrogen-bond acceptors (Lipinski definition) is 5. The van der Waals surface area contributed by atoms with Crippen LogP contribution in [-0.4, -0.2) is 23.1 Å². The van der Waals surface area contributed by atoms with Crippen molar-refractivity contribution in [1.82, 2.24) is 4.90 Å². The Morgan fingerprint density at radius 3 is 2.57 bits per heavy atom. The first-order chi connectivity index (χ1) is 10.1. The summed E-state index contributed by atoms with van der Waals surface area (Å²) in [6, 6.07) is 13.5. The maximum absolute atomic E-state index is 11.8. The minimum Gasteiger partial charge on any atom is -0.450 e. The van der Waals surface area contributed by atoms with Gasteiger partial charge in [-0.1, -0.05) is 30.0 Å². The van der Waals surface area contributed by atoms with Gasteiger partial charge in [0, 0.05) is 18.0 Å². The summed E-state index contributed by atoms with van der Waals surface area (Å²) < 4.78 is 5.66. The molecular formula is C15H11NO3S2. The molecule has 0 unspecified atom stereocenters. The highest BCUT2D eigenvalue weighted by Gasteiger charge is 2.32. The number of likely N-dealkylation sites (N-methyl/N-ethyl adjacent to an activating group) is 1. The molecule has 6 heteroatoms. The molecule has 1 aromatic carbocycles. The first kappa shape index (κ1) is 14.0. The molecule has 0 saturated carbocycles. The lowest BCUT2D eigenvalue weighted by Gasteiger charge is -2.00. The molecule has 1 fully saturated rings. The van der Waals surface area contributed by atoms with Gasteiger partial charge < -0.3 is 4.42 Å². The third-order valence-electron chi connectivity index (χ3n) is 2.82. The fourth-order valence-electron chi connectivity index (χ4n) is 1.75. The predicted octanol–water partition coefficient (Wildman–Crippen LogP) is 4.10. The van der Waals surface area contributed by atoms with Crippen LogP contribution in [0.4, 0.5) is 4.79 Å². The maximum Gasteiger partial charge on any atom is 0.293 e. The molecule has 2 amide bonds. The van der Waals surface area contributed by atoms with Crippen LogP contribution in [0.1, 0.15) is 5.76 Å². The largest absolute Gasteiger partial charge is 0.450 e. The van der Waals surface area contributed by atoms with Crippen molar-refractivity contribution in [3.8, 4) is 0 Å². The molecule has 0 atom stereocenters. The van der Waals surface area contributed by atoms with Gasteiger partial charge in [-0.3, -0.25) is 14.5 Å². The number of benzene rings is 1.